The van der Waals surface area contributed by atoms with Crippen molar-refractivity contribution >= 4 is 16.8 Å². The quantitative estimate of drug-likeness (QED) is 0.506. The summed E-state index contributed by atoms with van der Waals surface area (Å²) in [6, 6.07) is 21.0. The average molecular weight is 399 g/mol. The van der Waals surface area contributed by atoms with Gasteiger partial charge in [0.25, 0.3) is 5.91 Å². The van der Waals surface area contributed by atoms with Crippen LogP contribution in [0.15, 0.2) is 71.3 Å². The highest BCUT2D eigenvalue weighted by atomic mass is 16.5. The summed E-state index contributed by atoms with van der Waals surface area (Å²) >= 11 is 0. The number of hydrogen-bond acceptors (Lipinski definition) is 5. The molecule has 2 aromatic heterocycles. The minimum absolute atomic E-state index is 0.0135. The number of fused-ring (bicyclic) bond motifs is 1. The van der Waals surface area contributed by atoms with E-state index < -0.39 is 0 Å². The van der Waals surface area contributed by atoms with Crippen LogP contribution in [0.2, 0.25) is 0 Å². The van der Waals surface area contributed by atoms with Crippen LogP contribution in [0.25, 0.3) is 22.2 Å². The summed E-state index contributed by atoms with van der Waals surface area (Å²) in [4.78, 5) is 19.3. The molecule has 150 valence electrons. The Labute approximate surface area is 174 Å². The van der Waals surface area contributed by atoms with Crippen LogP contribution in [0, 0.1) is 6.92 Å². The summed E-state index contributed by atoms with van der Waals surface area (Å²) in [6.07, 6.45) is 0.731. The van der Waals surface area contributed by atoms with Crippen LogP contribution in [-0.4, -0.2) is 40.1 Å². The van der Waals surface area contributed by atoms with Gasteiger partial charge in [0, 0.05) is 35.9 Å². The summed E-state index contributed by atoms with van der Waals surface area (Å²) in [5, 5.41) is 4.97. The van der Waals surface area contributed by atoms with Gasteiger partial charge in [-0.15, -0.1) is 0 Å². The minimum Gasteiger partial charge on any atom is -0.472 e. The Kier molecular flexibility index (Phi) is 4.67. The van der Waals surface area contributed by atoms with Crippen molar-refractivity contribution in [3.63, 3.8) is 0 Å². The average Bonchev–Trinajstić information content (AvgIpc) is 3.40. The molecule has 0 spiro atoms. The van der Waals surface area contributed by atoms with Gasteiger partial charge in [-0.3, -0.25) is 4.79 Å². The summed E-state index contributed by atoms with van der Waals surface area (Å²) in [7, 11) is 0. The minimum atomic E-state index is -0.0533. The topological polar surface area (TPSA) is 68.5 Å². The molecule has 6 heteroatoms. The van der Waals surface area contributed by atoms with Gasteiger partial charge in [-0.1, -0.05) is 41.6 Å². The molecule has 1 aliphatic heterocycles. The molecule has 0 bridgehead atoms. The van der Waals surface area contributed by atoms with Gasteiger partial charge in [0.05, 0.1) is 11.9 Å². The van der Waals surface area contributed by atoms with Gasteiger partial charge in [0.15, 0.2) is 5.76 Å². The molecule has 0 aliphatic carbocycles. The molecule has 30 heavy (non-hydrogen) atoms. The summed E-state index contributed by atoms with van der Waals surface area (Å²) in [5.41, 5.74) is 3.20. The van der Waals surface area contributed by atoms with Crippen LogP contribution >= 0.6 is 0 Å². The Bertz CT molecular complexity index is 1200. The SMILES string of the molecule is Cc1cccc(O[C@H]2CCN(C(=O)c3ccc4noc(-c5ccccc5)c4c3)C2)n1. The largest absolute Gasteiger partial charge is 0.472 e. The van der Waals surface area contributed by atoms with E-state index in [-0.39, 0.29) is 12.0 Å². The first-order valence-electron chi connectivity index (χ1n) is 10.0. The third kappa shape index (κ3) is 3.52. The molecule has 0 radical (unpaired) electrons. The van der Waals surface area contributed by atoms with Crippen molar-refractivity contribution in [3.05, 3.63) is 78.0 Å². The van der Waals surface area contributed by atoms with E-state index in [1.165, 1.54) is 0 Å². The number of aryl methyl sites for hydroxylation is 1. The zero-order valence-corrected chi connectivity index (χ0v) is 16.6. The lowest BCUT2D eigenvalue weighted by atomic mass is 10.1. The maximum Gasteiger partial charge on any atom is 0.254 e. The maximum absolute atomic E-state index is 13.1. The van der Waals surface area contributed by atoms with E-state index in [1.54, 1.807) is 6.07 Å². The Balaban J connectivity index is 1.35. The standard InChI is InChI=1S/C24H21N3O3/c1-16-6-5-9-22(25-16)29-19-12-13-27(15-19)24(28)18-10-11-21-20(14-18)23(30-26-21)17-7-3-2-4-8-17/h2-11,14,19H,12-13,15H2,1H3/t19-/m0/s1. The molecule has 4 aromatic rings. The highest BCUT2D eigenvalue weighted by Crippen LogP contribution is 2.30. The van der Waals surface area contributed by atoms with Crippen LogP contribution in [0.5, 0.6) is 5.88 Å². The van der Waals surface area contributed by atoms with Gasteiger partial charge in [-0.2, -0.15) is 0 Å². The highest BCUT2D eigenvalue weighted by Gasteiger charge is 2.29. The van der Waals surface area contributed by atoms with Crippen LogP contribution in [0.4, 0.5) is 0 Å². The molecule has 1 saturated heterocycles. The van der Waals surface area contributed by atoms with Crippen molar-refractivity contribution < 1.29 is 14.1 Å². The van der Waals surface area contributed by atoms with Crippen molar-refractivity contribution in [2.24, 2.45) is 0 Å². The number of aromatic nitrogens is 2. The molecular weight excluding hydrogens is 378 g/mol. The van der Waals surface area contributed by atoms with Crippen LogP contribution < -0.4 is 4.74 Å². The highest BCUT2D eigenvalue weighted by molar-refractivity contribution is 6.01. The number of ether oxygens (including phenoxy) is 1. The maximum atomic E-state index is 13.1. The van der Waals surface area contributed by atoms with Crippen LogP contribution in [0.1, 0.15) is 22.5 Å². The molecule has 2 aromatic carbocycles. The fourth-order valence-electron chi connectivity index (χ4n) is 3.82. The molecule has 0 unspecified atom stereocenters. The first-order chi connectivity index (χ1) is 14.7. The Morgan fingerprint density at radius 2 is 1.97 bits per heavy atom. The lowest BCUT2D eigenvalue weighted by Crippen LogP contribution is -2.31. The van der Waals surface area contributed by atoms with Crippen molar-refractivity contribution in [2.75, 3.05) is 13.1 Å². The fourth-order valence-corrected chi connectivity index (χ4v) is 3.82. The van der Waals surface area contributed by atoms with Gasteiger partial charge in [0.2, 0.25) is 5.88 Å². The smallest absolute Gasteiger partial charge is 0.254 e. The monoisotopic (exact) mass is 399 g/mol. The molecular formula is C24H21N3O3. The first kappa shape index (κ1) is 18.4. The van der Waals surface area contributed by atoms with Gasteiger partial charge < -0.3 is 14.2 Å². The number of likely N-dealkylation sites (tertiary alicyclic amines) is 1. The molecule has 1 amide bonds. The normalized spacial score (nSPS) is 16.2. The van der Waals surface area contributed by atoms with Crippen LogP contribution in [0.3, 0.4) is 0 Å². The first-order valence-corrected chi connectivity index (χ1v) is 10.0. The van der Waals surface area contributed by atoms with Crippen LogP contribution in [-0.2, 0) is 0 Å². The molecule has 1 atom stereocenters. The number of nitrogens with zero attached hydrogens (tertiary/aromatic N) is 3. The van der Waals surface area contributed by atoms with Crippen molar-refractivity contribution in [1.29, 1.82) is 0 Å². The van der Waals surface area contributed by atoms with E-state index in [0.717, 1.165) is 28.6 Å². The lowest BCUT2D eigenvalue weighted by molar-refractivity contribution is 0.0771. The second kappa shape index (κ2) is 7.63. The number of rotatable bonds is 4. The van der Waals surface area contributed by atoms with E-state index in [0.29, 0.717) is 30.3 Å². The zero-order chi connectivity index (χ0) is 20.5. The number of carbonyl (C=O) groups is 1. The Morgan fingerprint density at radius 1 is 1.10 bits per heavy atom. The van der Waals surface area contributed by atoms with Gasteiger partial charge in [0.1, 0.15) is 11.6 Å². The van der Waals surface area contributed by atoms with Crippen molar-refractivity contribution in [1.82, 2.24) is 15.0 Å². The van der Waals surface area contributed by atoms with Gasteiger partial charge in [-0.25, -0.2) is 4.98 Å². The summed E-state index contributed by atoms with van der Waals surface area (Å²) in [5.74, 6) is 1.27. The molecule has 5 rings (SSSR count). The van der Waals surface area contributed by atoms with E-state index in [4.69, 9.17) is 9.26 Å². The Morgan fingerprint density at radius 3 is 2.80 bits per heavy atom. The molecule has 3 heterocycles. The second-order valence-corrected chi connectivity index (χ2v) is 7.51. The number of carbonyl (C=O) groups excluding carboxylic acids is 1. The lowest BCUT2D eigenvalue weighted by Gasteiger charge is -2.17. The third-order valence-electron chi connectivity index (χ3n) is 5.34. The molecule has 1 aliphatic rings. The number of benzene rings is 2. The Hall–Kier alpha value is -3.67. The second-order valence-electron chi connectivity index (χ2n) is 7.51. The number of pyridine rings is 1. The predicted molar refractivity (Wildman–Crippen MR) is 113 cm³/mol. The zero-order valence-electron chi connectivity index (χ0n) is 16.6. The fraction of sp³-hybridized carbons (Fsp3) is 0.208. The molecule has 6 nitrogen and oxygen atoms in total. The number of amides is 1. The van der Waals surface area contributed by atoms with E-state index in [2.05, 4.69) is 10.1 Å². The third-order valence-corrected chi connectivity index (χ3v) is 5.34. The summed E-state index contributed by atoms with van der Waals surface area (Å²) < 4.78 is 11.5. The molecule has 1 fully saturated rings. The van der Waals surface area contributed by atoms with E-state index >= 15 is 0 Å². The van der Waals surface area contributed by atoms with Gasteiger partial charge in [-0.05, 0) is 31.2 Å². The van der Waals surface area contributed by atoms with E-state index in [1.807, 2.05) is 72.5 Å². The number of hydrogen-bond donors (Lipinski definition) is 0. The van der Waals surface area contributed by atoms with E-state index in [9.17, 15) is 4.79 Å². The van der Waals surface area contributed by atoms with Crippen molar-refractivity contribution in [2.45, 2.75) is 19.4 Å². The molecule has 0 N–H and O–H groups in total. The predicted octanol–water partition coefficient (Wildman–Crippen LogP) is 4.49. The van der Waals surface area contributed by atoms with Gasteiger partial charge >= 0.3 is 0 Å². The molecule has 0 saturated carbocycles. The van der Waals surface area contributed by atoms with Crippen molar-refractivity contribution in [3.8, 4) is 17.2 Å². The summed E-state index contributed by atoms with van der Waals surface area (Å²) in [6.45, 7) is 3.13.